The van der Waals surface area contributed by atoms with E-state index < -0.39 is 10.0 Å². The minimum absolute atomic E-state index is 0.0602. The molecule has 0 saturated carbocycles. The van der Waals surface area contributed by atoms with E-state index >= 15 is 0 Å². The third-order valence-electron chi connectivity index (χ3n) is 5.04. The Balaban J connectivity index is 1.21. The number of benzene rings is 2. The van der Waals surface area contributed by atoms with E-state index in [1.807, 2.05) is 30.3 Å². The zero-order valence-corrected chi connectivity index (χ0v) is 16.9. The van der Waals surface area contributed by atoms with Crippen LogP contribution < -0.4 is 14.2 Å². The van der Waals surface area contributed by atoms with Gasteiger partial charge in [0.05, 0.1) is 17.1 Å². The molecule has 1 fully saturated rings. The predicted octanol–water partition coefficient (Wildman–Crippen LogP) is 1.87. The van der Waals surface area contributed by atoms with Gasteiger partial charge in [-0.05, 0) is 24.3 Å². The lowest BCUT2D eigenvalue weighted by Gasteiger charge is -2.37. The van der Waals surface area contributed by atoms with Crippen molar-refractivity contribution in [2.45, 2.75) is 17.5 Å². The summed E-state index contributed by atoms with van der Waals surface area (Å²) >= 11 is 0. The van der Waals surface area contributed by atoms with Gasteiger partial charge in [-0.2, -0.15) is 4.31 Å². The lowest BCUT2D eigenvalue weighted by Crippen LogP contribution is -2.50. The van der Waals surface area contributed by atoms with Crippen molar-refractivity contribution in [1.82, 2.24) is 19.3 Å². The van der Waals surface area contributed by atoms with Crippen LogP contribution in [0.3, 0.4) is 0 Å². The number of fused-ring (bicyclic) bond motifs is 1. The van der Waals surface area contributed by atoms with Crippen LogP contribution >= 0.6 is 0 Å². The van der Waals surface area contributed by atoms with E-state index in [-0.39, 0.29) is 10.9 Å². The van der Waals surface area contributed by atoms with Gasteiger partial charge in [-0.15, -0.1) is 5.10 Å². The molecule has 0 bridgehead atoms. The number of sulfonamides is 1. The van der Waals surface area contributed by atoms with Gasteiger partial charge in [0.25, 0.3) is 0 Å². The number of hydrogen-bond acceptors (Lipinski definition) is 7. The first kappa shape index (κ1) is 18.9. The summed E-state index contributed by atoms with van der Waals surface area (Å²) in [5.41, 5.74) is 0.687. The van der Waals surface area contributed by atoms with Gasteiger partial charge in [-0.1, -0.05) is 23.4 Å². The van der Waals surface area contributed by atoms with E-state index in [4.69, 9.17) is 14.2 Å². The summed E-state index contributed by atoms with van der Waals surface area (Å²) in [6.07, 6.45) is 1.79. The second-order valence-electron chi connectivity index (χ2n) is 7.07. The number of ether oxygens (including phenoxy) is 3. The molecular weight excluding hydrogens is 408 g/mol. The van der Waals surface area contributed by atoms with Crippen LogP contribution in [0.5, 0.6) is 17.2 Å². The van der Waals surface area contributed by atoms with Crippen molar-refractivity contribution >= 4 is 10.0 Å². The number of hydrogen-bond donors (Lipinski definition) is 0. The quantitative estimate of drug-likeness (QED) is 0.591. The minimum Gasteiger partial charge on any atom is -0.487 e. The highest BCUT2D eigenvalue weighted by atomic mass is 32.2. The van der Waals surface area contributed by atoms with Gasteiger partial charge < -0.3 is 14.2 Å². The van der Waals surface area contributed by atoms with Crippen LogP contribution in [0, 0.1) is 0 Å². The summed E-state index contributed by atoms with van der Waals surface area (Å²) in [7, 11) is -3.60. The summed E-state index contributed by atoms with van der Waals surface area (Å²) in [5, 5.41) is 8.24. The fourth-order valence-corrected chi connectivity index (χ4v) is 4.88. The van der Waals surface area contributed by atoms with E-state index in [0.717, 1.165) is 5.75 Å². The summed E-state index contributed by atoms with van der Waals surface area (Å²) in [6, 6.07) is 14.1. The van der Waals surface area contributed by atoms with Gasteiger partial charge in [0.1, 0.15) is 31.3 Å². The molecule has 1 aromatic heterocycles. The molecule has 0 N–H and O–H groups in total. The Kier molecular flexibility index (Phi) is 4.80. The van der Waals surface area contributed by atoms with E-state index in [1.165, 1.54) is 10.4 Å². The van der Waals surface area contributed by atoms with Crippen molar-refractivity contribution in [2.75, 3.05) is 26.3 Å². The number of para-hydroxylation sites is 1. The molecule has 0 atom stereocenters. The Bertz CT molecular complexity index is 1140. The van der Waals surface area contributed by atoms with Crippen LogP contribution in [0.1, 0.15) is 11.7 Å². The van der Waals surface area contributed by atoms with Gasteiger partial charge in [0.15, 0.2) is 11.5 Å². The maximum atomic E-state index is 12.9. The molecule has 1 saturated heterocycles. The third-order valence-corrected chi connectivity index (χ3v) is 6.87. The van der Waals surface area contributed by atoms with Gasteiger partial charge in [0, 0.05) is 19.2 Å². The molecule has 2 aliphatic rings. The molecule has 2 aromatic carbocycles. The maximum absolute atomic E-state index is 12.9. The molecule has 0 unspecified atom stereocenters. The molecule has 30 heavy (non-hydrogen) atoms. The number of rotatable bonds is 6. The Morgan fingerprint density at radius 3 is 2.60 bits per heavy atom. The molecule has 2 aliphatic heterocycles. The molecule has 0 radical (unpaired) electrons. The largest absolute Gasteiger partial charge is 0.487 e. The molecule has 0 aliphatic carbocycles. The fourth-order valence-electron chi connectivity index (χ4n) is 3.35. The second-order valence-corrected chi connectivity index (χ2v) is 9.01. The van der Waals surface area contributed by atoms with Crippen LogP contribution in [-0.4, -0.2) is 54.0 Å². The molecule has 156 valence electrons. The highest BCUT2D eigenvalue weighted by Crippen LogP contribution is 2.35. The van der Waals surface area contributed by atoms with Crippen LogP contribution in [0.15, 0.2) is 59.6 Å². The number of aromatic nitrogens is 3. The van der Waals surface area contributed by atoms with Crippen molar-refractivity contribution in [1.29, 1.82) is 0 Å². The monoisotopic (exact) mass is 428 g/mol. The maximum Gasteiger partial charge on any atom is 0.243 e. The Labute approximate surface area is 173 Å². The second kappa shape index (κ2) is 7.62. The third kappa shape index (κ3) is 3.59. The van der Waals surface area contributed by atoms with Crippen molar-refractivity contribution < 1.29 is 22.6 Å². The summed E-state index contributed by atoms with van der Waals surface area (Å²) in [5.74, 6) is 1.78. The van der Waals surface area contributed by atoms with Gasteiger partial charge in [-0.25, -0.2) is 13.1 Å². The topological polar surface area (TPSA) is 95.8 Å². The molecule has 9 nitrogen and oxygen atoms in total. The zero-order valence-electron chi connectivity index (χ0n) is 16.0. The summed E-state index contributed by atoms with van der Waals surface area (Å²) < 4.78 is 45.6. The van der Waals surface area contributed by atoms with E-state index in [1.54, 1.807) is 23.0 Å². The fraction of sp³-hybridized carbons (Fsp3) is 0.300. The smallest absolute Gasteiger partial charge is 0.243 e. The molecule has 5 rings (SSSR count). The minimum atomic E-state index is -3.60. The SMILES string of the molecule is O=S(=O)(c1ccc2c(c1)OCCO2)N1CC(n2cc(COc3ccccc3)nn2)C1. The van der Waals surface area contributed by atoms with Gasteiger partial charge in [0.2, 0.25) is 10.0 Å². The van der Waals surface area contributed by atoms with Crippen molar-refractivity contribution in [3.8, 4) is 17.2 Å². The molecule has 0 amide bonds. The van der Waals surface area contributed by atoms with E-state index in [2.05, 4.69) is 10.3 Å². The Morgan fingerprint density at radius 2 is 1.80 bits per heavy atom. The van der Waals surface area contributed by atoms with E-state index in [0.29, 0.717) is 50.1 Å². The number of nitrogens with zero attached hydrogens (tertiary/aromatic N) is 4. The van der Waals surface area contributed by atoms with Gasteiger partial charge in [-0.3, -0.25) is 0 Å². The van der Waals surface area contributed by atoms with Crippen molar-refractivity contribution in [3.05, 3.63) is 60.4 Å². The standard InChI is InChI=1S/C20H20N4O5S/c25-30(26,18-6-7-19-20(10-18)28-9-8-27-19)23-12-16(13-23)24-11-15(21-22-24)14-29-17-4-2-1-3-5-17/h1-7,10-11,16H,8-9,12-14H2. The van der Waals surface area contributed by atoms with Crippen LogP contribution in [0.2, 0.25) is 0 Å². The molecule has 3 heterocycles. The molecule has 3 aromatic rings. The van der Waals surface area contributed by atoms with Crippen molar-refractivity contribution in [3.63, 3.8) is 0 Å². The van der Waals surface area contributed by atoms with Crippen molar-refractivity contribution in [2.24, 2.45) is 0 Å². The van der Waals surface area contributed by atoms with Crippen LogP contribution in [-0.2, 0) is 16.6 Å². The van der Waals surface area contributed by atoms with Crippen LogP contribution in [0.25, 0.3) is 0 Å². The Morgan fingerprint density at radius 1 is 1.03 bits per heavy atom. The molecule has 10 heteroatoms. The normalized spacial score (nSPS) is 16.8. The van der Waals surface area contributed by atoms with E-state index in [9.17, 15) is 8.42 Å². The van der Waals surface area contributed by atoms with Gasteiger partial charge >= 0.3 is 0 Å². The highest BCUT2D eigenvalue weighted by Gasteiger charge is 2.38. The summed E-state index contributed by atoms with van der Waals surface area (Å²) in [6.45, 7) is 1.84. The summed E-state index contributed by atoms with van der Waals surface area (Å²) in [4.78, 5) is 0.195. The molecule has 0 spiro atoms. The zero-order chi connectivity index (χ0) is 20.6. The lowest BCUT2D eigenvalue weighted by atomic mass is 10.2. The first-order chi connectivity index (χ1) is 14.6. The Hall–Kier alpha value is -3.11. The average molecular weight is 428 g/mol. The first-order valence-corrected chi connectivity index (χ1v) is 11.0. The first-order valence-electron chi connectivity index (χ1n) is 9.58. The lowest BCUT2D eigenvalue weighted by molar-refractivity contribution is 0.170. The molecular formula is C20H20N4O5S. The van der Waals surface area contributed by atoms with Crippen LogP contribution in [0.4, 0.5) is 0 Å². The average Bonchev–Trinajstić information content (AvgIpc) is 3.20. The highest BCUT2D eigenvalue weighted by molar-refractivity contribution is 7.89. The predicted molar refractivity (Wildman–Crippen MR) is 106 cm³/mol.